The van der Waals surface area contributed by atoms with Crippen molar-refractivity contribution in [3.63, 3.8) is 0 Å². The van der Waals surface area contributed by atoms with Crippen LogP contribution in [0.1, 0.15) is 30.6 Å². The van der Waals surface area contributed by atoms with Gasteiger partial charge in [0.25, 0.3) is 0 Å². The molecule has 0 saturated heterocycles. The molecule has 0 spiro atoms. The zero-order valence-electron chi connectivity index (χ0n) is 15.5. The van der Waals surface area contributed by atoms with Crippen LogP contribution >= 0.6 is 24.8 Å². The van der Waals surface area contributed by atoms with Gasteiger partial charge in [0.15, 0.2) is 0 Å². The maximum absolute atomic E-state index is 12.1. The molecular weight excluding hydrogens is 389 g/mol. The molecule has 0 aliphatic heterocycles. The molecule has 6 nitrogen and oxygen atoms in total. The van der Waals surface area contributed by atoms with Gasteiger partial charge in [-0.25, -0.2) is 0 Å². The largest absolute Gasteiger partial charge is 0.487 e. The van der Waals surface area contributed by atoms with E-state index in [0.29, 0.717) is 13.2 Å². The summed E-state index contributed by atoms with van der Waals surface area (Å²) in [5, 5.41) is 2.95. The lowest BCUT2D eigenvalue weighted by molar-refractivity contribution is -0.124. The van der Waals surface area contributed by atoms with Crippen molar-refractivity contribution >= 4 is 30.7 Å². The fourth-order valence-electron chi connectivity index (χ4n) is 2.37. The summed E-state index contributed by atoms with van der Waals surface area (Å²) in [6.07, 6.45) is 1.72. The molecule has 0 saturated carbocycles. The summed E-state index contributed by atoms with van der Waals surface area (Å²) < 4.78 is 10.9. The number of hydrogen-bond acceptors (Lipinski definition) is 5. The number of nitrogens with one attached hydrogen (secondary N) is 1. The SMILES string of the molecule is COC(CN)CC(=O)NC(C)c1cccc(OCc2ccccn2)c1.Cl.Cl. The third kappa shape index (κ3) is 8.58. The first-order valence-corrected chi connectivity index (χ1v) is 8.27. The molecule has 2 aromatic rings. The predicted octanol–water partition coefficient (Wildman–Crippen LogP) is 3.05. The highest BCUT2D eigenvalue weighted by molar-refractivity contribution is 5.85. The molecule has 1 aromatic heterocycles. The number of aromatic nitrogens is 1. The van der Waals surface area contributed by atoms with E-state index in [1.165, 1.54) is 0 Å². The number of halogens is 2. The molecule has 27 heavy (non-hydrogen) atoms. The maximum Gasteiger partial charge on any atom is 0.223 e. The minimum atomic E-state index is -0.264. The summed E-state index contributed by atoms with van der Waals surface area (Å²) in [6, 6.07) is 13.2. The molecule has 0 aliphatic carbocycles. The Balaban J connectivity index is 0.00000338. The van der Waals surface area contributed by atoms with Gasteiger partial charge in [0.2, 0.25) is 5.91 Å². The number of hydrogen-bond donors (Lipinski definition) is 2. The van der Waals surface area contributed by atoms with E-state index < -0.39 is 0 Å². The Morgan fingerprint density at radius 2 is 2.00 bits per heavy atom. The number of nitrogens with zero attached hydrogens (tertiary/aromatic N) is 1. The molecule has 3 N–H and O–H groups in total. The second-order valence-corrected chi connectivity index (χ2v) is 5.77. The van der Waals surface area contributed by atoms with Gasteiger partial charge in [-0.2, -0.15) is 0 Å². The monoisotopic (exact) mass is 415 g/mol. The van der Waals surface area contributed by atoms with E-state index in [-0.39, 0.29) is 49.3 Å². The maximum atomic E-state index is 12.1. The van der Waals surface area contributed by atoms with Gasteiger partial charge in [-0.05, 0) is 36.8 Å². The fraction of sp³-hybridized carbons (Fsp3) is 0.368. The van der Waals surface area contributed by atoms with Crippen molar-refractivity contribution in [1.29, 1.82) is 0 Å². The fourth-order valence-corrected chi connectivity index (χ4v) is 2.37. The van der Waals surface area contributed by atoms with E-state index in [9.17, 15) is 4.79 Å². The second kappa shape index (κ2) is 13.3. The molecule has 1 amide bonds. The van der Waals surface area contributed by atoms with Gasteiger partial charge in [0.1, 0.15) is 12.4 Å². The number of nitrogens with two attached hydrogens (primary N) is 1. The van der Waals surface area contributed by atoms with Crippen LogP contribution in [0.25, 0.3) is 0 Å². The number of ether oxygens (including phenoxy) is 2. The molecule has 0 fully saturated rings. The van der Waals surface area contributed by atoms with Gasteiger partial charge in [-0.3, -0.25) is 9.78 Å². The summed E-state index contributed by atoms with van der Waals surface area (Å²) in [6.45, 7) is 2.65. The van der Waals surface area contributed by atoms with Gasteiger partial charge in [0.05, 0.1) is 24.3 Å². The molecule has 0 bridgehead atoms. The number of methoxy groups -OCH3 is 1. The Labute approximate surface area is 172 Å². The first-order valence-electron chi connectivity index (χ1n) is 8.27. The van der Waals surface area contributed by atoms with Crippen LogP contribution in [-0.4, -0.2) is 30.6 Å². The van der Waals surface area contributed by atoms with Gasteiger partial charge in [-0.1, -0.05) is 18.2 Å². The first-order chi connectivity index (χ1) is 12.1. The minimum Gasteiger partial charge on any atom is -0.487 e. The predicted molar refractivity (Wildman–Crippen MR) is 111 cm³/mol. The number of carbonyl (C=O) groups excluding carboxylic acids is 1. The lowest BCUT2D eigenvalue weighted by Gasteiger charge is -2.18. The Morgan fingerprint density at radius 3 is 2.63 bits per heavy atom. The number of amides is 1. The zero-order chi connectivity index (χ0) is 18.1. The number of benzene rings is 1. The first kappa shape index (κ1) is 25.1. The average Bonchev–Trinajstić information content (AvgIpc) is 2.65. The summed E-state index contributed by atoms with van der Waals surface area (Å²) in [4.78, 5) is 16.3. The van der Waals surface area contributed by atoms with Crippen molar-refractivity contribution in [1.82, 2.24) is 10.3 Å². The lowest BCUT2D eigenvalue weighted by atomic mass is 10.1. The van der Waals surface area contributed by atoms with Crippen molar-refractivity contribution in [3.05, 3.63) is 59.9 Å². The van der Waals surface area contributed by atoms with Crippen LogP contribution < -0.4 is 15.8 Å². The minimum absolute atomic E-state index is 0. The molecule has 2 unspecified atom stereocenters. The molecule has 1 heterocycles. The van der Waals surface area contributed by atoms with Crippen LogP contribution in [0.2, 0.25) is 0 Å². The van der Waals surface area contributed by atoms with E-state index in [1.807, 2.05) is 49.4 Å². The summed E-state index contributed by atoms with van der Waals surface area (Å²) >= 11 is 0. The number of rotatable bonds is 9. The average molecular weight is 416 g/mol. The molecule has 0 radical (unpaired) electrons. The third-order valence-electron chi connectivity index (χ3n) is 3.86. The highest BCUT2D eigenvalue weighted by atomic mass is 35.5. The van der Waals surface area contributed by atoms with E-state index in [1.54, 1.807) is 13.3 Å². The second-order valence-electron chi connectivity index (χ2n) is 5.77. The summed E-state index contributed by atoms with van der Waals surface area (Å²) in [5.74, 6) is 0.644. The van der Waals surface area contributed by atoms with Gasteiger partial charge < -0.3 is 20.5 Å². The molecule has 2 rings (SSSR count). The summed E-state index contributed by atoms with van der Waals surface area (Å²) in [5.41, 5.74) is 7.38. The van der Waals surface area contributed by atoms with E-state index in [0.717, 1.165) is 17.0 Å². The van der Waals surface area contributed by atoms with Crippen LogP contribution in [0.3, 0.4) is 0 Å². The van der Waals surface area contributed by atoms with Gasteiger partial charge in [-0.15, -0.1) is 24.8 Å². The summed E-state index contributed by atoms with van der Waals surface area (Å²) in [7, 11) is 1.55. The van der Waals surface area contributed by atoms with Crippen molar-refractivity contribution < 1.29 is 14.3 Å². The number of pyridine rings is 1. The van der Waals surface area contributed by atoms with Crippen molar-refractivity contribution in [3.8, 4) is 5.75 Å². The van der Waals surface area contributed by atoms with Crippen LogP contribution in [-0.2, 0) is 16.1 Å². The van der Waals surface area contributed by atoms with E-state index >= 15 is 0 Å². The Bertz CT molecular complexity index is 670. The van der Waals surface area contributed by atoms with Crippen LogP contribution in [0.4, 0.5) is 0 Å². The molecule has 0 aliphatic rings. The zero-order valence-corrected chi connectivity index (χ0v) is 17.1. The van der Waals surface area contributed by atoms with Gasteiger partial charge >= 0.3 is 0 Å². The Kier molecular flexibility index (Phi) is 12.4. The van der Waals surface area contributed by atoms with Crippen molar-refractivity contribution in [2.45, 2.75) is 32.1 Å². The van der Waals surface area contributed by atoms with Crippen LogP contribution in [0.15, 0.2) is 48.7 Å². The lowest BCUT2D eigenvalue weighted by Crippen LogP contribution is -2.33. The van der Waals surface area contributed by atoms with Crippen LogP contribution in [0.5, 0.6) is 5.75 Å². The molecule has 1 aromatic carbocycles. The van der Waals surface area contributed by atoms with E-state index in [4.69, 9.17) is 15.2 Å². The number of carbonyl (C=O) groups is 1. The smallest absolute Gasteiger partial charge is 0.223 e. The topological polar surface area (TPSA) is 86.5 Å². The molecule has 150 valence electrons. The van der Waals surface area contributed by atoms with Crippen LogP contribution in [0, 0.1) is 0 Å². The quantitative estimate of drug-likeness (QED) is 0.656. The van der Waals surface area contributed by atoms with Gasteiger partial charge in [0, 0.05) is 19.9 Å². The Morgan fingerprint density at radius 1 is 1.22 bits per heavy atom. The van der Waals surface area contributed by atoms with E-state index in [2.05, 4.69) is 10.3 Å². The van der Waals surface area contributed by atoms with Crippen molar-refractivity contribution in [2.24, 2.45) is 5.73 Å². The molecular formula is C19H27Cl2N3O3. The Hall–Kier alpha value is -1.86. The van der Waals surface area contributed by atoms with Crippen molar-refractivity contribution in [2.75, 3.05) is 13.7 Å². The standard InChI is InChI=1S/C19H25N3O3.2ClH/c1-14(22-19(23)11-18(12-20)24-2)15-6-5-8-17(10-15)25-13-16-7-3-4-9-21-16;;/h3-10,14,18H,11-13,20H2,1-2H3,(H,22,23);2*1H. The highest BCUT2D eigenvalue weighted by Gasteiger charge is 2.15. The normalized spacial score (nSPS) is 12.1. The third-order valence-corrected chi connectivity index (χ3v) is 3.86. The highest BCUT2D eigenvalue weighted by Crippen LogP contribution is 2.20. The molecule has 8 heteroatoms. The molecule has 2 atom stereocenters.